The summed E-state index contributed by atoms with van der Waals surface area (Å²) in [5, 5.41) is 0.714. The third-order valence-electron chi connectivity index (χ3n) is 5.86. The highest BCUT2D eigenvalue weighted by Crippen LogP contribution is 2.41. The van der Waals surface area contributed by atoms with Gasteiger partial charge in [-0.2, -0.15) is 0 Å². The van der Waals surface area contributed by atoms with Gasteiger partial charge in [-0.15, -0.1) is 0 Å². The lowest BCUT2D eigenvalue weighted by molar-refractivity contribution is -0.131. The Labute approximate surface area is 190 Å². The standard InChI is InChI=1S/C24H26FN3O5/c1-31-19-14-20(32-2)23(33-3)22-17(19)13-18(26-22)24(30)28-10-8-27(9-11-28)21(29)12-15-4-6-16(25)7-5-15/h4-7,13-14,26H,8-12H2,1-3H3. The Kier molecular flexibility index (Phi) is 6.39. The summed E-state index contributed by atoms with van der Waals surface area (Å²) in [6, 6.07) is 9.37. The number of fused-ring (bicyclic) bond motifs is 1. The van der Waals surface area contributed by atoms with Gasteiger partial charge in [-0.3, -0.25) is 9.59 Å². The van der Waals surface area contributed by atoms with E-state index < -0.39 is 0 Å². The molecule has 9 heteroatoms. The normalized spacial score (nSPS) is 13.8. The van der Waals surface area contributed by atoms with Crippen molar-refractivity contribution in [2.45, 2.75) is 6.42 Å². The predicted octanol–water partition coefficient (Wildman–Crippen LogP) is 2.86. The first-order valence-electron chi connectivity index (χ1n) is 10.6. The highest BCUT2D eigenvalue weighted by molar-refractivity contribution is 6.02. The summed E-state index contributed by atoms with van der Waals surface area (Å²) in [7, 11) is 4.63. The Bertz CT molecular complexity index is 1170. The molecule has 0 aliphatic carbocycles. The van der Waals surface area contributed by atoms with Crippen LogP contribution in [0.25, 0.3) is 10.9 Å². The number of H-pyrrole nitrogens is 1. The largest absolute Gasteiger partial charge is 0.496 e. The van der Waals surface area contributed by atoms with Crippen LogP contribution in [0.4, 0.5) is 4.39 Å². The van der Waals surface area contributed by atoms with Gasteiger partial charge in [0.1, 0.15) is 17.3 Å². The highest BCUT2D eigenvalue weighted by Gasteiger charge is 2.27. The molecular formula is C24H26FN3O5. The van der Waals surface area contributed by atoms with Crippen molar-refractivity contribution in [1.29, 1.82) is 0 Å². The van der Waals surface area contributed by atoms with Gasteiger partial charge in [0, 0.05) is 37.6 Å². The molecule has 0 saturated carbocycles. The number of nitrogens with one attached hydrogen (secondary N) is 1. The first-order chi connectivity index (χ1) is 15.9. The van der Waals surface area contributed by atoms with E-state index in [1.54, 1.807) is 41.2 Å². The van der Waals surface area contributed by atoms with Gasteiger partial charge in [0.2, 0.25) is 5.91 Å². The van der Waals surface area contributed by atoms with Gasteiger partial charge in [0.15, 0.2) is 11.5 Å². The number of carbonyl (C=O) groups excluding carboxylic acids is 2. The number of carbonyl (C=O) groups is 2. The Morgan fingerprint density at radius 2 is 1.55 bits per heavy atom. The van der Waals surface area contributed by atoms with E-state index in [0.29, 0.717) is 60.0 Å². The highest BCUT2D eigenvalue weighted by atomic mass is 19.1. The van der Waals surface area contributed by atoms with Crippen molar-refractivity contribution in [2.75, 3.05) is 47.5 Å². The van der Waals surface area contributed by atoms with Gasteiger partial charge in [0.25, 0.3) is 5.91 Å². The second-order valence-electron chi connectivity index (χ2n) is 7.76. The van der Waals surface area contributed by atoms with Gasteiger partial charge < -0.3 is 29.0 Å². The smallest absolute Gasteiger partial charge is 0.270 e. The average Bonchev–Trinajstić information content (AvgIpc) is 3.29. The lowest BCUT2D eigenvalue weighted by Gasteiger charge is -2.34. The Hall–Kier alpha value is -3.75. The number of amides is 2. The van der Waals surface area contributed by atoms with Gasteiger partial charge in [-0.1, -0.05) is 12.1 Å². The van der Waals surface area contributed by atoms with Crippen molar-refractivity contribution in [1.82, 2.24) is 14.8 Å². The van der Waals surface area contributed by atoms with E-state index in [0.717, 1.165) is 5.56 Å². The molecule has 4 rings (SSSR count). The van der Waals surface area contributed by atoms with E-state index in [2.05, 4.69) is 4.98 Å². The SMILES string of the molecule is COc1cc(OC)c2cc(C(=O)N3CCN(C(=O)Cc4ccc(F)cc4)CC3)[nH]c2c1OC. The van der Waals surface area contributed by atoms with Crippen molar-refractivity contribution in [3.8, 4) is 17.2 Å². The quantitative estimate of drug-likeness (QED) is 0.618. The molecule has 0 unspecified atom stereocenters. The van der Waals surface area contributed by atoms with E-state index in [4.69, 9.17) is 14.2 Å². The molecule has 0 radical (unpaired) electrons. The monoisotopic (exact) mass is 455 g/mol. The van der Waals surface area contributed by atoms with E-state index in [9.17, 15) is 14.0 Å². The molecule has 2 heterocycles. The third kappa shape index (κ3) is 4.44. The molecule has 2 aromatic carbocycles. The fourth-order valence-electron chi connectivity index (χ4n) is 4.07. The maximum Gasteiger partial charge on any atom is 0.270 e. The van der Waals surface area contributed by atoms with Crippen molar-refractivity contribution in [3.63, 3.8) is 0 Å². The molecule has 33 heavy (non-hydrogen) atoms. The molecule has 1 saturated heterocycles. The molecule has 0 atom stereocenters. The van der Waals surface area contributed by atoms with Crippen LogP contribution in [-0.4, -0.2) is 74.1 Å². The number of nitrogens with zero attached hydrogens (tertiary/aromatic N) is 2. The molecular weight excluding hydrogens is 429 g/mol. The number of aromatic amines is 1. The third-order valence-corrected chi connectivity index (χ3v) is 5.86. The van der Waals surface area contributed by atoms with Crippen LogP contribution < -0.4 is 14.2 Å². The topological polar surface area (TPSA) is 84.1 Å². The number of halogens is 1. The minimum absolute atomic E-state index is 0.0408. The molecule has 8 nitrogen and oxygen atoms in total. The number of rotatable bonds is 6. The summed E-state index contributed by atoms with van der Waals surface area (Å²) >= 11 is 0. The van der Waals surface area contributed by atoms with E-state index in [1.165, 1.54) is 26.4 Å². The summed E-state index contributed by atoms with van der Waals surface area (Å²) < 4.78 is 29.4. The summed E-state index contributed by atoms with van der Waals surface area (Å²) in [4.78, 5) is 32.4. The summed E-state index contributed by atoms with van der Waals surface area (Å²) in [6.07, 6.45) is 0.206. The van der Waals surface area contributed by atoms with Gasteiger partial charge in [-0.05, 0) is 23.8 Å². The van der Waals surface area contributed by atoms with Gasteiger partial charge in [0.05, 0.1) is 33.3 Å². The molecule has 2 amide bonds. The van der Waals surface area contributed by atoms with Gasteiger partial charge in [-0.25, -0.2) is 4.39 Å². The average molecular weight is 455 g/mol. The van der Waals surface area contributed by atoms with Crippen LogP contribution in [0.2, 0.25) is 0 Å². The molecule has 0 bridgehead atoms. The van der Waals surface area contributed by atoms with E-state index in [1.807, 2.05) is 0 Å². The zero-order valence-corrected chi connectivity index (χ0v) is 18.8. The molecule has 174 valence electrons. The second kappa shape index (κ2) is 9.40. The zero-order valence-electron chi connectivity index (χ0n) is 18.8. The van der Waals surface area contributed by atoms with Crippen molar-refractivity contribution in [2.24, 2.45) is 0 Å². The van der Waals surface area contributed by atoms with Crippen LogP contribution in [0.5, 0.6) is 17.2 Å². The maximum atomic E-state index is 13.2. The van der Waals surface area contributed by atoms with Crippen molar-refractivity contribution >= 4 is 22.7 Å². The molecule has 1 N–H and O–H groups in total. The minimum Gasteiger partial charge on any atom is -0.496 e. The van der Waals surface area contributed by atoms with E-state index >= 15 is 0 Å². The zero-order chi connectivity index (χ0) is 23.5. The first kappa shape index (κ1) is 22.4. The Balaban J connectivity index is 1.46. The fraction of sp³-hybridized carbons (Fsp3) is 0.333. The molecule has 0 spiro atoms. The number of methoxy groups -OCH3 is 3. The predicted molar refractivity (Wildman–Crippen MR) is 121 cm³/mol. The fourth-order valence-corrected chi connectivity index (χ4v) is 4.07. The van der Waals surface area contributed by atoms with E-state index in [-0.39, 0.29) is 24.1 Å². The molecule has 1 aromatic heterocycles. The first-order valence-corrected chi connectivity index (χ1v) is 10.6. The van der Waals surface area contributed by atoms with Crippen LogP contribution in [-0.2, 0) is 11.2 Å². The van der Waals surface area contributed by atoms with Crippen molar-refractivity contribution < 1.29 is 28.2 Å². The lowest BCUT2D eigenvalue weighted by atomic mass is 10.1. The van der Waals surface area contributed by atoms with Crippen LogP contribution in [0.1, 0.15) is 16.1 Å². The number of benzene rings is 2. The van der Waals surface area contributed by atoms with Crippen LogP contribution >= 0.6 is 0 Å². The molecule has 1 aliphatic heterocycles. The lowest BCUT2D eigenvalue weighted by Crippen LogP contribution is -2.51. The summed E-state index contributed by atoms with van der Waals surface area (Å²) in [5.74, 6) is 1.01. The number of ether oxygens (including phenoxy) is 3. The maximum absolute atomic E-state index is 13.2. The Morgan fingerprint density at radius 1 is 0.909 bits per heavy atom. The van der Waals surface area contributed by atoms with Gasteiger partial charge >= 0.3 is 0 Å². The van der Waals surface area contributed by atoms with Crippen LogP contribution in [0, 0.1) is 5.82 Å². The number of piperazine rings is 1. The second-order valence-corrected chi connectivity index (χ2v) is 7.76. The number of aromatic nitrogens is 1. The Morgan fingerprint density at radius 3 is 2.15 bits per heavy atom. The van der Waals surface area contributed by atoms with Crippen LogP contribution in [0.3, 0.4) is 0 Å². The molecule has 1 aliphatic rings. The number of hydrogen-bond acceptors (Lipinski definition) is 5. The summed E-state index contributed by atoms with van der Waals surface area (Å²) in [6.45, 7) is 1.71. The summed E-state index contributed by atoms with van der Waals surface area (Å²) in [5.41, 5.74) is 1.78. The van der Waals surface area contributed by atoms with Crippen molar-refractivity contribution in [3.05, 3.63) is 53.5 Å². The molecule has 1 fully saturated rings. The minimum atomic E-state index is -0.330. The van der Waals surface area contributed by atoms with Crippen LogP contribution in [0.15, 0.2) is 36.4 Å². The molecule has 3 aromatic rings. The number of hydrogen-bond donors (Lipinski definition) is 1.